The average molecular weight is 301 g/mol. The molecule has 2 aromatic rings. The Balaban J connectivity index is 1.59. The van der Waals surface area contributed by atoms with Gasteiger partial charge in [-0.3, -0.25) is 0 Å². The molecule has 0 saturated carbocycles. The van der Waals surface area contributed by atoms with E-state index in [1.807, 2.05) is 4.90 Å². The lowest BCUT2D eigenvalue weighted by atomic mass is 9.89. The van der Waals surface area contributed by atoms with Gasteiger partial charge in [0.2, 0.25) is 0 Å². The minimum atomic E-state index is 0.0226. The van der Waals surface area contributed by atoms with E-state index in [4.69, 9.17) is 4.74 Å². The van der Waals surface area contributed by atoms with Gasteiger partial charge < -0.3 is 19.9 Å². The highest BCUT2D eigenvalue weighted by atomic mass is 16.5. The summed E-state index contributed by atoms with van der Waals surface area (Å²) >= 11 is 0. The van der Waals surface area contributed by atoms with Crippen LogP contribution in [0.1, 0.15) is 24.3 Å². The molecule has 1 aliphatic heterocycles. The summed E-state index contributed by atoms with van der Waals surface area (Å²) in [4.78, 5) is 17.3. The Hall–Kier alpha value is -2.01. The number of aromatic amines is 1. The number of nitrogens with one attached hydrogen (secondary N) is 2. The van der Waals surface area contributed by atoms with Crippen LogP contribution in [0, 0.1) is 0 Å². The molecule has 22 heavy (non-hydrogen) atoms. The highest BCUT2D eigenvalue weighted by molar-refractivity contribution is 5.83. The smallest absolute Gasteiger partial charge is 0.317 e. The molecular weight excluding hydrogens is 278 g/mol. The molecule has 1 aromatic carbocycles. The Morgan fingerprint density at radius 1 is 1.36 bits per heavy atom. The van der Waals surface area contributed by atoms with Crippen LogP contribution >= 0.6 is 0 Å². The van der Waals surface area contributed by atoms with Gasteiger partial charge in [0.15, 0.2) is 0 Å². The predicted octanol–water partition coefficient (Wildman–Crippen LogP) is 2.70. The zero-order valence-electron chi connectivity index (χ0n) is 13.0. The highest BCUT2D eigenvalue weighted by Gasteiger charge is 2.25. The number of para-hydroxylation sites is 1. The van der Waals surface area contributed by atoms with Crippen molar-refractivity contribution in [3.05, 3.63) is 36.0 Å². The molecule has 3 rings (SSSR count). The van der Waals surface area contributed by atoms with Gasteiger partial charge in [-0.05, 0) is 30.4 Å². The molecule has 5 nitrogen and oxygen atoms in total. The molecule has 118 valence electrons. The molecule has 2 N–H and O–H groups in total. The Labute approximate surface area is 130 Å². The van der Waals surface area contributed by atoms with E-state index in [-0.39, 0.29) is 6.03 Å². The van der Waals surface area contributed by atoms with E-state index in [0.29, 0.717) is 19.1 Å². The van der Waals surface area contributed by atoms with Gasteiger partial charge in [-0.25, -0.2) is 4.79 Å². The third-order valence-electron chi connectivity index (χ3n) is 4.43. The lowest BCUT2D eigenvalue weighted by Crippen LogP contribution is -2.44. The third kappa shape index (κ3) is 3.09. The summed E-state index contributed by atoms with van der Waals surface area (Å²) in [6.07, 6.45) is 4.16. The van der Waals surface area contributed by atoms with E-state index in [0.717, 1.165) is 25.9 Å². The molecule has 5 heteroatoms. The van der Waals surface area contributed by atoms with Crippen molar-refractivity contribution < 1.29 is 9.53 Å². The Bertz CT molecular complexity index is 630. The van der Waals surface area contributed by atoms with Crippen molar-refractivity contribution in [3.63, 3.8) is 0 Å². The summed E-state index contributed by atoms with van der Waals surface area (Å²) in [7, 11) is 1.64. The number of aromatic nitrogens is 1. The number of amides is 2. The van der Waals surface area contributed by atoms with Gasteiger partial charge in [-0.2, -0.15) is 0 Å². The highest BCUT2D eigenvalue weighted by Crippen LogP contribution is 2.32. The summed E-state index contributed by atoms with van der Waals surface area (Å²) in [6.45, 7) is 2.74. The fourth-order valence-corrected chi connectivity index (χ4v) is 3.20. The molecule has 0 radical (unpaired) electrons. The van der Waals surface area contributed by atoms with Crippen LogP contribution in [0.25, 0.3) is 10.9 Å². The standard InChI is InChI=1S/C17H23N3O2/c1-22-11-8-18-17(21)20-9-6-13(7-10-20)15-12-19-16-5-3-2-4-14(15)16/h2-5,12-13,19H,6-11H2,1H3,(H,18,21). The second-order valence-corrected chi connectivity index (χ2v) is 5.78. The maximum atomic E-state index is 12.0. The maximum absolute atomic E-state index is 12.0. The molecule has 0 bridgehead atoms. The second kappa shape index (κ2) is 6.83. The summed E-state index contributed by atoms with van der Waals surface area (Å²) < 4.78 is 4.95. The fraction of sp³-hybridized carbons (Fsp3) is 0.471. The SMILES string of the molecule is COCCNC(=O)N1CCC(c2c[nH]c3ccccc23)CC1. The topological polar surface area (TPSA) is 57.4 Å². The van der Waals surface area contributed by atoms with Gasteiger partial charge in [-0.15, -0.1) is 0 Å². The predicted molar refractivity (Wildman–Crippen MR) is 87.1 cm³/mol. The number of carbonyl (C=O) groups is 1. The number of rotatable bonds is 4. The molecule has 0 spiro atoms. The monoisotopic (exact) mass is 301 g/mol. The van der Waals surface area contributed by atoms with Crippen molar-refractivity contribution >= 4 is 16.9 Å². The Kier molecular flexibility index (Phi) is 4.63. The number of methoxy groups -OCH3 is 1. The molecule has 0 aliphatic carbocycles. The van der Waals surface area contributed by atoms with Crippen LogP contribution in [-0.2, 0) is 4.74 Å². The number of nitrogens with zero attached hydrogens (tertiary/aromatic N) is 1. The second-order valence-electron chi connectivity index (χ2n) is 5.78. The Morgan fingerprint density at radius 2 is 2.14 bits per heavy atom. The van der Waals surface area contributed by atoms with Crippen LogP contribution in [0.2, 0.25) is 0 Å². The minimum absolute atomic E-state index is 0.0226. The first-order chi connectivity index (χ1) is 10.8. The van der Waals surface area contributed by atoms with E-state index in [9.17, 15) is 4.79 Å². The number of H-pyrrole nitrogens is 1. The number of fused-ring (bicyclic) bond motifs is 1. The lowest BCUT2D eigenvalue weighted by Gasteiger charge is -2.32. The Morgan fingerprint density at radius 3 is 2.91 bits per heavy atom. The summed E-state index contributed by atoms with van der Waals surface area (Å²) in [5, 5.41) is 4.20. The van der Waals surface area contributed by atoms with Gasteiger partial charge in [0, 0.05) is 43.8 Å². The molecule has 1 aromatic heterocycles. The quantitative estimate of drug-likeness (QED) is 0.853. The number of urea groups is 1. The van der Waals surface area contributed by atoms with Crippen LogP contribution in [0.3, 0.4) is 0 Å². The molecule has 1 aliphatic rings. The summed E-state index contributed by atoms with van der Waals surface area (Å²) in [6, 6.07) is 8.44. The number of hydrogen-bond donors (Lipinski definition) is 2. The van der Waals surface area contributed by atoms with Crippen LogP contribution in [-0.4, -0.2) is 49.3 Å². The molecule has 0 unspecified atom stereocenters. The van der Waals surface area contributed by atoms with Crippen molar-refractivity contribution in [1.82, 2.24) is 15.2 Å². The number of benzene rings is 1. The largest absolute Gasteiger partial charge is 0.383 e. The van der Waals surface area contributed by atoms with Crippen LogP contribution in [0.15, 0.2) is 30.5 Å². The molecular formula is C17H23N3O2. The minimum Gasteiger partial charge on any atom is -0.383 e. The zero-order chi connectivity index (χ0) is 15.4. The maximum Gasteiger partial charge on any atom is 0.317 e. The van der Waals surface area contributed by atoms with Gasteiger partial charge in [0.25, 0.3) is 0 Å². The molecule has 0 atom stereocenters. The van der Waals surface area contributed by atoms with Crippen molar-refractivity contribution in [2.45, 2.75) is 18.8 Å². The van der Waals surface area contributed by atoms with Crippen molar-refractivity contribution in [3.8, 4) is 0 Å². The fourth-order valence-electron chi connectivity index (χ4n) is 3.20. The molecule has 2 heterocycles. The van der Waals surface area contributed by atoms with Gasteiger partial charge >= 0.3 is 6.03 Å². The van der Waals surface area contributed by atoms with E-state index in [1.54, 1.807) is 7.11 Å². The third-order valence-corrected chi connectivity index (χ3v) is 4.43. The van der Waals surface area contributed by atoms with Crippen LogP contribution in [0.5, 0.6) is 0 Å². The van der Waals surface area contributed by atoms with Gasteiger partial charge in [0.1, 0.15) is 0 Å². The van der Waals surface area contributed by atoms with Gasteiger partial charge in [-0.1, -0.05) is 18.2 Å². The number of hydrogen-bond acceptors (Lipinski definition) is 2. The lowest BCUT2D eigenvalue weighted by molar-refractivity contribution is 0.169. The summed E-state index contributed by atoms with van der Waals surface area (Å²) in [5.74, 6) is 0.527. The summed E-state index contributed by atoms with van der Waals surface area (Å²) in [5.41, 5.74) is 2.58. The number of piperidine rings is 1. The first-order valence-electron chi connectivity index (χ1n) is 7.87. The van der Waals surface area contributed by atoms with E-state index in [2.05, 4.69) is 40.8 Å². The van der Waals surface area contributed by atoms with E-state index >= 15 is 0 Å². The molecule has 2 amide bonds. The molecule has 1 fully saturated rings. The average Bonchev–Trinajstić information content (AvgIpc) is 2.99. The number of likely N-dealkylation sites (tertiary alicyclic amines) is 1. The normalized spacial score (nSPS) is 16.1. The van der Waals surface area contributed by atoms with Gasteiger partial charge in [0.05, 0.1) is 6.61 Å². The van der Waals surface area contributed by atoms with E-state index < -0.39 is 0 Å². The van der Waals surface area contributed by atoms with Crippen molar-refractivity contribution in [2.24, 2.45) is 0 Å². The van der Waals surface area contributed by atoms with Crippen LogP contribution < -0.4 is 5.32 Å². The van der Waals surface area contributed by atoms with Crippen LogP contribution in [0.4, 0.5) is 4.79 Å². The van der Waals surface area contributed by atoms with Crippen molar-refractivity contribution in [1.29, 1.82) is 0 Å². The molecule has 1 saturated heterocycles. The van der Waals surface area contributed by atoms with E-state index in [1.165, 1.54) is 16.5 Å². The number of ether oxygens (including phenoxy) is 1. The first-order valence-corrected chi connectivity index (χ1v) is 7.87. The zero-order valence-corrected chi connectivity index (χ0v) is 13.0. The first kappa shape index (κ1) is 14.9. The number of carbonyl (C=O) groups excluding carboxylic acids is 1. The van der Waals surface area contributed by atoms with Crippen molar-refractivity contribution in [2.75, 3.05) is 33.4 Å².